The van der Waals surface area contributed by atoms with Gasteiger partial charge < -0.3 is 9.64 Å². The number of hydrogen-bond acceptors (Lipinski definition) is 3. The summed E-state index contributed by atoms with van der Waals surface area (Å²) in [5, 5.41) is 0. The second kappa shape index (κ2) is 9.44. The summed E-state index contributed by atoms with van der Waals surface area (Å²) in [5.74, 6) is 0.345. The Hall–Kier alpha value is -1.58. The van der Waals surface area contributed by atoms with Crippen molar-refractivity contribution in [3.05, 3.63) is 29.6 Å². The molecule has 22 heavy (non-hydrogen) atoms. The van der Waals surface area contributed by atoms with Gasteiger partial charge in [-0.05, 0) is 39.3 Å². The van der Waals surface area contributed by atoms with Crippen LogP contribution in [0.3, 0.4) is 0 Å². The number of carbonyl (C=O) groups is 1. The molecule has 126 valence electrons. The van der Waals surface area contributed by atoms with Crippen LogP contribution in [0.1, 0.15) is 65.6 Å². The molecule has 0 atom stereocenters. The molecule has 1 fully saturated rings. The first-order chi connectivity index (χ1) is 10.3. The van der Waals surface area contributed by atoms with Crippen LogP contribution in [0.15, 0.2) is 18.3 Å². The van der Waals surface area contributed by atoms with Gasteiger partial charge in [-0.25, -0.2) is 4.79 Å². The molecule has 1 amide bonds. The molecule has 1 aromatic heterocycles. The third-order valence-electron chi connectivity index (χ3n) is 2.89. The number of aromatic nitrogens is 1. The number of amides is 1. The highest BCUT2D eigenvalue weighted by atomic mass is 16.6. The molecule has 2 heterocycles. The molecule has 2 rings (SSSR count). The van der Waals surface area contributed by atoms with E-state index in [1.165, 1.54) is 0 Å². The Labute approximate surface area is 135 Å². The van der Waals surface area contributed by atoms with E-state index in [-0.39, 0.29) is 6.09 Å². The van der Waals surface area contributed by atoms with Crippen molar-refractivity contribution in [2.75, 3.05) is 13.1 Å². The molecular weight excluding hydrogens is 276 g/mol. The van der Waals surface area contributed by atoms with Gasteiger partial charge in [0.1, 0.15) is 5.60 Å². The maximum Gasteiger partial charge on any atom is 0.410 e. The van der Waals surface area contributed by atoms with Crippen molar-refractivity contribution in [1.29, 1.82) is 0 Å². The number of nitrogens with zero attached hydrogens (tertiary/aromatic N) is 2. The van der Waals surface area contributed by atoms with Crippen LogP contribution in [0.2, 0.25) is 0 Å². The van der Waals surface area contributed by atoms with Crippen LogP contribution in [-0.4, -0.2) is 34.7 Å². The predicted octanol–water partition coefficient (Wildman–Crippen LogP) is 4.78. The number of carbonyl (C=O) groups excluding carboxylic acids is 1. The Balaban J connectivity index is 0.00000102. The molecule has 1 aromatic rings. The number of likely N-dealkylation sites (tertiary alicyclic amines) is 1. The third kappa shape index (κ3) is 6.46. The van der Waals surface area contributed by atoms with Gasteiger partial charge in [-0.3, -0.25) is 4.98 Å². The first-order valence-electron chi connectivity index (χ1n) is 8.25. The Bertz CT molecular complexity index is 429. The second-order valence-corrected chi connectivity index (χ2v) is 5.84. The summed E-state index contributed by atoms with van der Waals surface area (Å²) in [7, 11) is 0. The van der Waals surface area contributed by atoms with E-state index in [0.29, 0.717) is 19.0 Å². The van der Waals surface area contributed by atoms with Crippen molar-refractivity contribution in [2.24, 2.45) is 0 Å². The fourth-order valence-electron chi connectivity index (χ4n) is 1.86. The minimum atomic E-state index is -0.426. The van der Waals surface area contributed by atoms with Crippen molar-refractivity contribution >= 4 is 6.09 Å². The first kappa shape index (κ1) is 20.4. The van der Waals surface area contributed by atoms with Gasteiger partial charge in [-0.2, -0.15) is 0 Å². The van der Waals surface area contributed by atoms with Crippen molar-refractivity contribution in [3.63, 3.8) is 0 Å². The van der Waals surface area contributed by atoms with Crippen LogP contribution in [0, 0.1) is 6.92 Å². The summed E-state index contributed by atoms with van der Waals surface area (Å²) < 4.78 is 5.31. The number of hydrogen-bond donors (Lipinski definition) is 0. The lowest BCUT2D eigenvalue weighted by atomic mass is 9.96. The Kier molecular flexibility index (Phi) is 8.76. The van der Waals surface area contributed by atoms with Gasteiger partial charge in [0.2, 0.25) is 0 Å². The molecule has 0 saturated carbocycles. The summed E-state index contributed by atoms with van der Waals surface area (Å²) in [6, 6.07) is 4.09. The molecule has 4 heteroatoms. The molecule has 1 saturated heterocycles. The van der Waals surface area contributed by atoms with E-state index in [0.717, 1.165) is 11.3 Å². The van der Waals surface area contributed by atoms with Gasteiger partial charge in [-0.15, -0.1) is 0 Å². The maximum absolute atomic E-state index is 11.8. The van der Waals surface area contributed by atoms with Crippen molar-refractivity contribution in [2.45, 2.75) is 66.9 Å². The molecule has 0 N–H and O–H groups in total. The number of pyridine rings is 1. The largest absolute Gasteiger partial charge is 0.444 e. The van der Waals surface area contributed by atoms with Crippen LogP contribution in [0.4, 0.5) is 4.79 Å². The van der Waals surface area contributed by atoms with Crippen molar-refractivity contribution in [1.82, 2.24) is 9.88 Å². The standard InChI is InChI=1S/C14H20N2O2.2C2H6/c1-10-5-6-12(15-7-10)11-8-16(9-11)13(17)18-14(2,3)4;2*1-2/h5-7,11H,8-9H2,1-4H3;2*1-2H3. The highest BCUT2D eigenvalue weighted by molar-refractivity contribution is 5.69. The van der Waals surface area contributed by atoms with E-state index in [1.54, 1.807) is 4.90 Å². The quantitative estimate of drug-likeness (QED) is 0.750. The van der Waals surface area contributed by atoms with Crippen molar-refractivity contribution in [3.8, 4) is 0 Å². The Morgan fingerprint density at radius 3 is 2.14 bits per heavy atom. The Morgan fingerprint density at radius 2 is 1.73 bits per heavy atom. The van der Waals surface area contributed by atoms with E-state index in [9.17, 15) is 4.79 Å². The smallest absolute Gasteiger partial charge is 0.410 e. The molecule has 0 aliphatic carbocycles. The molecule has 0 bridgehead atoms. The predicted molar refractivity (Wildman–Crippen MR) is 92.2 cm³/mol. The topological polar surface area (TPSA) is 42.4 Å². The van der Waals surface area contributed by atoms with Gasteiger partial charge in [0, 0.05) is 30.9 Å². The lowest BCUT2D eigenvalue weighted by Crippen LogP contribution is -2.50. The normalized spacial score (nSPS) is 13.9. The van der Waals surface area contributed by atoms with Crippen LogP contribution in [0.5, 0.6) is 0 Å². The summed E-state index contributed by atoms with van der Waals surface area (Å²) in [5.41, 5.74) is 1.78. The van der Waals surface area contributed by atoms with E-state index in [4.69, 9.17) is 4.74 Å². The average molecular weight is 308 g/mol. The monoisotopic (exact) mass is 308 g/mol. The number of ether oxygens (including phenoxy) is 1. The molecule has 0 aromatic carbocycles. The maximum atomic E-state index is 11.8. The van der Waals surface area contributed by atoms with Gasteiger partial charge >= 0.3 is 6.09 Å². The zero-order valence-corrected chi connectivity index (χ0v) is 15.4. The molecule has 1 aliphatic heterocycles. The van der Waals surface area contributed by atoms with Gasteiger partial charge in [-0.1, -0.05) is 33.8 Å². The molecule has 1 aliphatic rings. The molecule has 0 unspecified atom stereocenters. The van der Waals surface area contributed by atoms with Crippen LogP contribution >= 0.6 is 0 Å². The van der Waals surface area contributed by atoms with Crippen LogP contribution in [0.25, 0.3) is 0 Å². The van der Waals surface area contributed by atoms with Crippen LogP contribution < -0.4 is 0 Å². The lowest BCUT2D eigenvalue weighted by Gasteiger charge is -2.39. The Morgan fingerprint density at radius 1 is 1.18 bits per heavy atom. The van der Waals surface area contributed by atoms with E-state index < -0.39 is 5.60 Å². The number of rotatable bonds is 1. The second-order valence-electron chi connectivity index (χ2n) is 5.84. The molecule has 4 nitrogen and oxygen atoms in total. The van der Waals surface area contributed by atoms with E-state index in [2.05, 4.69) is 11.1 Å². The van der Waals surface area contributed by atoms with Crippen LogP contribution in [-0.2, 0) is 4.74 Å². The molecular formula is C18H32N2O2. The fraction of sp³-hybridized carbons (Fsp3) is 0.667. The fourth-order valence-corrected chi connectivity index (χ4v) is 1.86. The SMILES string of the molecule is CC.CC.Cc1ccc(C2CN(C(=O)OC(C)(C)C)C2)nc1. The summed E-state index contributed by atoms with van der Waals surface area (Å²) in [6.07, 6.45) is 1.64. The highest BCUT2D eigenvalue weighted by Crippen LogP contribution is 2.27. The third-order valence-corrected chi connectivity index (χ3v) is 2.89. The van der Waals surface area contributed by atoms with Crippen molar-refractivity contribution < 1.29 is 9.53 Å². The minimum Gasteiger partial charge on any atom is -0.444 e. The molecule has 0 radical (unpaired) electrons. The number of aryl methyl sites for hydroxylation is 1. The molecule has 0 spiro atoms. The summed E-state index contributed by atoms with van der Waals surface area (Å²) in [4.78, 5) is 17.9. The van der Waals surface area contributed by atoms with E-state index in [1.807, 2.05) is 67.7 Å². The highest BCUT2D eigenvalue weighted by Gasteiger charge is 2.35. The summed E-state index contributed by atoms with van der Waals surface area (Å²) >= 11 is 0. The average Bonchev–Trinajstić information content (AvgIpc) is 2.42. The zero-order valence-electron chi connectivity index (χ0n) is 15.4. The van der Waals surface area contributed by atoms with Gasteiger partial charge in [0.15, 0.2) is 0 Å². The summed E-state index contributed by atoms with van der Waals surface area (Å²) in [6.45, 7) is 17.1. The van der Waals surface area contributed by atoms with Gasteiger partial charge in [0.25, 0.3) is 0 Å². The zero-order chi connectivity index (χ0) is 17.3. The first-order valence-corrected chi connectivity index (χ1v) is 8.25. The van der Waals surface area contributed by atoms with Gasteiger partial charge in [0.05, 0.1) is 0 Å². The minimum absolute atomic E-state index is 0.231. The lowest BCUT2D eigenvalue weighted by molar-refractivity contribution is 0.00787. The van der Waals surface area contributed by atoms with E-state index >= 15 is 0 Å².